The second kappa shape index (κ2) is 7.20. The molecule has 0 fully saturated rings. The van der Waals surface area contributed by atoms with Crippen molar-refractivity contribution in [1.82, 2.24) is 14.5 Å². The van der Waals surface area contributed by atoms with Crippen molar-refractivity contribution in [2.45, 2.75) is 6.18 Å². The molecule has 0 aliphatic rings. The maximum absolute atomic E-state index is 11.6. The minimum absolute atomic E-state index is 0.259. The molecule has 0 aromatic carbocycles. The van der Waals surface area contributed by atoms with Crippen LogP contribution in [0.3, 0.4) is 0 Å². The van der Waals surface area contributed by atoms with Crippen LogP contribution in [0, 0.1) is 0 Å². The van der Waals surface area contributed by atoms with Crippen molar-refractivity contribution in [2.24, 2.45) is 7.05 Å². The Hall–Kier alpha value is -2.91. The molecule has 0 atom stereocenters. The summed E-state index contributed by atoms with van der Waals surface area (Å²) in [5.74, 6) is -2.51. The molecule has 2 heterocycles. The first kappa shape index (κ1) is 17.1. The summed E-state index contributed by atoms with van der Waals surface area (Å²) < 4.78 is 33.5. The molecule has 0 radical (unpaired) electrons. The van der Waals surface area contributed by atoms with Gasteiger partial charge >= 0.3 is 12.1 Å². The van der Waals surface area contributed by atoms with Crippen molar-refractivity contribution in [1.29, 1.82) is 0 Å². The Morgan fingerprint density at radius 3 is 2.27 bits per heavy atom. The standard InChI is InChI=1S/C10H10N4O.C2HF3O2/c1-14-7-6-12-10(14)13-9(15)8-4-2-3-5-11-8;3-2(4,5)1(6)7/h2-7H,1H3,(H,12,13,15);(H,6,7). The maximum Gasteiger partial charge on any atom is 0.490 e. The van der Waals surface area contributed by atoms with Crippen LogP contribution in [0.15, 0.2) is 36.8 Å². The predicted octanol–water partition coefficient (Wildman–Crippen LogP) is 1.70. The lowest BCUT2D eigenvalue weighted by molar-refractivity contribution is -0.192. The van der Waals surface area contributed by atoms with Crippen molar-refractivity contribution in [3.05, 3.63) is 42.5 Å². The summed E-state index contributed by atoms with van der Waals surface area (Å²) in [4.78, 5) is 28.5. The van der Waals surface area contributed by atoms with Crippen LogP contribution in [-0.2, 0) is 11.8 Å². The lowest BCUT2D eigenvalue weighted by Gasteiger charge is -2.03. The Kier molecular flexibility index (Phi) is 5.61. The van der Waals surface area contributed by atoms with E-state index in [1.165, 1.54) is 0 Å². The number of carbonyl (C=O) groups is 2. The number of pyridine rings is 1. The minimum atomic E-state index is -5.08. The molecule has 0 aliphatic heterocycles. The zero-order valence-electron chi connectivity index (χ0n) is 11.2. The topological polar surface area (TPSA) is 97.1 Å². The smallest absolute Gasteiger partial charge is 0.475 e. The van der Waals surface area contributed by atoms with E-state index >= 15 is 0 Å². The largest absolute Gasteiger partial charge is 0.490 e. The summed E-state index contributed by atoms with van der Waals surface area (Å²) in [6, 6.07) is 5.18. The molecule has 0 bridgehead atoms. The first-order valence-corrected chi connectivity index (χ1v) is 5.71. The molecule has 1 amide bonds. The molecule has 0 unspecified atom stereocenters. The molecule has 2 aromatic rings. The number of carbonyl (C=O) groups excluding carboxylic acids is 1. The van der Waals surface area contributed by atoms with Gasteiger partial charge in [0, 0.05) is 25.6 Å². The third-order valence-corrected chi connectivity index (χ3v) is 2.19. The van der Waals surface area contributed by atoms with Gasteiger partial charge in [0.2, 0.25) is 5.95 Å². The molecule has 10 heteroatoms. The SMILES string of the molecule is Cn1ccnc1NC(=O)c1ccccn1.O=C(O)C(F)(F)F. The van der Waals surface area contributed by atoms with Gasteiger partial charge in [-0.1, -0.05) is 6.07 Å². The van der Waals surface area contributed by atoms with E-state index in [0.717, 1.165) is 0 Å². The number of aryl methyl sites for hydroxylation is 1. The number of halogens is 3. The van der Waals surface area contributed by atoms with E-state index in [-0.39, 0.29) is 5.91 Å². The second-order valence-electron chi connectivity index (χ2n) is 3.83. The highest BCUT2D eigenvalue weighted by atomic mass is 19.4. The van der Waals surface area contributed by atoms with Crippen LogP contribution in [0.1, 0.15) is 10.5 Å². The molecule has 0 aliphatic carbocycles. The molecular formula is C12H11F3N4O3. The Balaban J connectivity index is 0.000000295. The fraction of sp³-hybridized carbons (Fsp3) is 0.167. The van der Waals surface area contributed by atoms with Crippen molar-refractivity contribution in [3.8, 4) is 0 Å². The number of anilines is 1. The van der Waals surface area contributed by atoms with Gasteiger partial charge in [-0.3, -0.25) is 15.1 Å². The number of rotatable bonds is 2. The van der Waals surface area contributed by atoms with E-state index in [4.69, 9.17) is 9.90 Å². The zero-order chi connectivity index (χ0) is 16.8. The summed E-state index contributed by atoms with van der Waals surface area (Å²) in [6.45, 7) is 0. The van der Waals surface area contributed by atoms with Crippen LogP contribution in [0.2, 0.25) is 0 Å². The predicted molar refractivity (Wildman–Crippen MR) is 69.1 cm³/mol. The quantitative estimate of drug-likeness (QED) is 0.879. The summed E-state index contributed by atoms with van der Waals surface area (Å²) in [6.07, 6.45) is -0.130. The van der Waals surface area contributed by atoms with E-state index in [1.54, 1.807) is 48.4 Å². The van der Waals surface area contributed by atoms with E-state index in [1.807, 2.05) is 0 Å². The summed E-state index contributed by atoms with van der Waals surface area (Å²) in [5, 5.41) is 9.78. The van der Waals surface area contributed by atoms with Gasteiger partial charge in [-0.25, -0.2) is 9.78 Å². The van der Waals surface area contributed by atoms with Gasteiger partial charge in [-0.2, -0.15) is 13.2 Å². The van der Waals surface area contributed by atoms with E-state index < -0.39 is 12.1 Å². The molecule has 0 spiro atoms. The van der Waals surface area contributed by atoms with Crippen LogP contribution in [0.4, 0.5) is 19.1 Å². The fourth-order valence-electron chi connectivity index (χ4n) is 1.15. The van der Waals surface area contributed by atoms with Crippen molar-refractivity contribution in [3.63, 3.8) is 0 Å². The van der Waals surface area contributed by atoms with Gasteiger partial charge < -0.3 is 9.67 Å². The summed E-state index contributed by atoms with van der Waals surface area (Å²) in [5.41, 5.74) is 0.375. The lowest BCUT2D eigenvalue weighted by atomic mass is 10.3. The van der Waals surface area contributed by atoms with Gasteiger partial charge in [-0.05, 0) is 12.1 Å². The van der Waals surface area contributed by atoms with Gasteiger partial charge in [-0.15, -0.1) is 0 Å². The minimum Gasteiger partial charge on any atom is -0.475 e. The molecule has 2 aromatic heterocycles. The highest BCUT2D eigenvalue weighted by molar-refractivity contribution is 6.01. The number of aromatic nitrogens is 3. The van der Waals surface area contributed by atoms with Crippen molar-refractivity contribution in [2.75, 3.05) is 5.32 Å². The number of nitrogens with one attached hydrogen (secondary N) is 1. The maximum atomic E-state index is 11.6. The fourth-order valence-corrected chi connectivity index (χ4v) is 1.15. The number of amides is 1. The number of alkyl halides is 3. The number of hydrogen-bond acceptors (Lipinski definition) is 4. The van der Waals surface area contributed by atoms with Crippen LogP contribution in [0.5, 0.6) is 0 Å². The number of carboxylic acid groups (broad SMARTS) is 1. The van der Waals surface area contributed by atoms with Gasteiger partial charge in [0.25, 0.3) is 5.91 Å². The summed E-state index contributed by atoms with van der Waals surface area (Å²) in [7, 11) is 1.81. The Labute approximate surface area is 122 Å². The third-order valence-electron chi connectivity index (χ3n) is 2.19. The average molecular weight is 316 g/mol. The number of hydrogen-bond donors (Lipinski definition) is 2. The molecular weight excluding hydrogens is 305 g/mol. The number of nitrogens with zero attached hydrogens (tertiary/aromatic N) is 3. The van der Waals surface area contributed by atoms with Crippen molar-refractivity contribution >= 4 is 17.8 Å². The Morgan fingerprint density at radius 1 is 1.23 bits per heavy atom. The van der Waals surface area contributed by atoms with Gasteiger partial charge in [0.05, 0.1) is 0 Å². The van der Waals surface area contributed by atoms with Crippen LogP contribution < -0.4 is 5.32 Å². The van der Waals surface area contributed by atoms with Gasteiger partial charge in [0.15, 0.2) is 0 Å². The normalized spacial score (nSPS) is 10.4. The molecule has 0 saturated heterocycles. The Bertz CT molecular complexity index is 641. The van der Waals surface area contributed by atoms with E-state index in [0.29, 0.717) is 11.6 Å². The highest BCUT2D eigenvalue weighted by Crippen LogP contribution is 2.13. The van der Waals surface area contributed by atoms with Crippen LogP contribution >= 0.6 is 0 Å². The van der Waals surface area contributed by atoms with Crippen LogP contribution in [-0.4, -0.2) is 37.7 Å². The molecule has 0 saturated carbocycles. The molecule has 22 heavy (non-hydrogen) atoms. The highest BCUT2D eigenvalue weighted by Gasteiger charge is 2.38. The molecule has 2 N–H and O–H groups in total. The zero-order valence-corrected chi connectivity index (χ0v) is 11.2. The second-order valence-corrected chi connectivity index (χ2v) is 3.83. The lowest BCUT2D eigenvalue weighted by Crippen LogP contribution is -2.21. The first-order valence-electron chi connectivity index (χ1n) is 5.71. The number of imidazole rings is 1. The molecule has 7 nitrogen and oxygen atoms in total. The molecule has 118 valence electrons. The van der Waals surface area contributed by atoms with Crippen molar-refractivity contribution < 1.29 is 27.9 Å². The average Bonchev–Trinajstić information content (AvgIpc) is 2.85. The van der Waals surface area contributed by atoms with Crippen LogP contribution in [0.25, 0.3) is 0 Å². The monoisotopic (exact) mass is 316 g/mol. The van der Waals surface area contributed by atoms with Gasteiger partial charge in [0.1, 0.15) is 5.69 Å². The summed E-state index contributed by atoms with van der Waals surface area (Å²) >= 11 is 0. The Morgan fingerprint density at radius 2 is 1.86 bits per heavy atom. The number of aliphatic carboxylic acids is 1. The third kappa shape index (κ3) is 5.23. The van der Waals surface area contributed by atoms with E-state index in [2.05, 4.69) is 15.3 Å². The molecule has 2 rings (SSSR count). The first-order chi connectivity index (χ1) is 10.2. The number of carboxylic acids is 1. The van der Waals surface area contributed by atoms with E-state index in [9.17, 15) is 18.0 Å².